The van der Waals surface area contributed by atoms with Gasteiger partial charge in [-0.3, -0.25) is 9.69 Å². The fourth-order valence-corrected chi connectivity index (χ4v) is 2.98. The number of ether oxygens (including phenoxy) is 1. The van der Waals surface area contributed by atoms with E-state index in [9.17, 15) is 18.0 Å². The van der Waals surface area contributed by atoms with Crippen LogP contribution in [-0.4, -0.2) is 41.1 Å². The van der Waals surface area contributed by atoms with E-state index in [0.717, 1.165) is 31.6 Å². The number of piperidine rings is 1. The average Bonchev–Trinajstić information content (AvgIpc) is 2.62. The number of nitrogens with zero attached hydrogens (tertiary/aromatic N) is 3. The van der Waals surface area contributed by atoms with Crippen molar-refractivity contribution in [2.75, 3.05) is 25.5 Å². The van der Waals surface area contributed by atoms with Gasteiger partial charge in [-0.25, -0.2) is 9.97 Å². The van der Waals surface area contributed by atoms with Crippen molar-refractivity contribution in [3.05, 3.63) is 46.3 Å². The lowest BCUT2D eigenvalue weighted by atomic mass is 10.1. The molecule has 1 aliphatic heterocycles. The first-order valence-electron chi connectivity index (χ1n) is 8.40. The van der Waals surface area contributed by atoms with Crippen molar-refractivity contribution in [3.63, 3.8) is 0 Å². The van der Waals surface area contributed by atoms with E-state index in [2.05, 4.69) is 20.2 Å². The average molecular weight is 384 g/mol. The van der Waals surface area contributed by atoms with Gasteiger partial charge in [0.05, 0.1) is 13.7 Å². The summed E-state index contributed by atoms with van der Waals surface area (Å²) in [5.41, 5.74) is -1.24. The molecule has 3 rings (SSSR count). The van der Waals surface area contributed by atoms with Gasteiger partial charge >= 0.3 is 6.18 Å². The predicted molar refractivity (Wildman–Crippen MR) is 90.5 cm³/mol. The zero-order valence-electron chi connectivity index (χ0n) is 14.6. The van der Waals surface area contributed by atoms with Gasteiger partial charge in [-0.15, -0.1) is 0 Å². The van der Waals surface area contributed by atoms with Crippen molar-refractivity contribution >= 4 is 5.95 Å². The van der Waals surface area contributed by atoms with Crippen LogP contribution in [0, 0.1) is 0 Å². The minimum Gasteiger partial charge on any atom is -0.490 e. The molecule has 0 spiro atoms. The molecule has 1 atom stereocenters. The molecule has 0 saturated carbocycles. The summed E-state index contributed by atoms with van der Waals surface area (Å²) >= 11 is 0. The Hall–Kier alpha value is -2.62. The van der Waals surface area contributed by atoms with E-state index in [1.54, 1.807) is 0 Å². The van der Waals surface area contributed by atoms with Crippen molar-refractivity contribution in [1.29, 1.82) is 0 Å². The summed E-state index contributed by atoms with van der Waals surface area (Å²) in [7, 11) is 1.39. The number of anilines is 1. The van der Waals surface area contributed by atoms with Crippen LogP contribution in [0.15, 0.2) is 33.8 Å². The van der Waals surface area contributed by atoms with Gasteiger partial charge in [0.25, 0.3) is 0 Å². The van der Waals surface area contributed by atoms with Crippen LogP contribution in [0.4, 0.5) is 19.1 Å². The first-order valence-corrected chi connectivity index (χ1v) is 8.40. The third-order valence-electron chi connectivity index (χ3n) is 4.24. The Kier molecular flexibility index (Phi) is 5.64. The van der Waals surface area contributed by atoms with Crippen LogP contribution in [-0.2, 0) is 12.7 Å². The zero-order valence-corrected chi connectivity index (χ0v) is 14.6. The van der Waals surface area contributed by atoms with Crippen LogP contribution in [0.25, 0.3) is 0 Å². The van der Waals surface area contributed by atoms with E-state index >= 15 is 0 Å². The lowest BCUT2D eigenvalue weighted by Crippen LogP contribution is -2.42. The summed E-state index contributed by atoms with van der Waals surface area (Å²) in [6, 6.07) is 2.11. The van der Waals surface area contributed by atoms with E-state index < -0.39 is 11.9 Å². The Labute approximate surface area is 153 Å². The first-order chi connectivity index (χ1) is 12.8. The molecule has 146 valence electrons. The number of rotatable bonds is 5. The molecule has 0 aliphatic carbocycles. The molecule has 10 heteroatoms. The van der Waals surface area contributed by atoms with Crippen molar-refractivity contribution in [1.82, 2.24) is 14.9 Å². The largest absolute Gasteiger partial charge is 0.490 e. The summed E-state index contributed by atoms with van der Waals surface area (Å²) in [6.45, 7) is 1.77. The minimum absolute atomic E-state index is 0.0485. The third kappa shape index (κ3) is 4.97. The second kappa shape index (κ2) is 7.95. The highest BCUT2D eigenvalue weighted by Gasteiger charge is 2.33. The molecule has 2 aromatic rings. The van der Waals surface area contributed by atoms with Gasteiger partial charge in [0, 0.05) is 24.8 Å². The van der Waals surface area contributed by atoms with E-state index in [-0.39, 0.29) is 23.2 Å². The zero-order chi connectivity index (χ0) is 19.4. The molecule has 7 nitrogen and oxygen atoms in total. The summed E-state index contributed by atoms with van der Waals surface area (Å²) in [4.78, 5) is 21.3. The minimum atomic E-state index is -4.51. The molecule has 2 aromatic heterocycles. The molecule has 1 aliphatic rings. The molecule has 1 N–H and O–H groups in total. The van der Waals surface area contributed by atoms with Crippen LogP contribution in [0.3, 0.4) is 0 Å². The summed E-state index contributed by atoms with van der Waals surface area (Å²) in [5, 5.41) is 2.96. The molecule has 0 bridgehead atoms. The van der Waals surface area contributed by atoms with E-state index in [1.165, 1.54) is 19.4 Å². The second-order valence-corrected chi connectivity index (χ2v) is 6.26. The Balaban J connectivity index is 1.63. The lowest BCUT2D eigenvalue weighted by Gasteiger charge is -2.32. The Morgan fingerprint density at radius 3 is 2.96 bits per heavy atom. The van der Waals surface area contributed by atoms with Gasteiger partial charge in [-0.1, -0.05) is 0 Å². The number of halogens is 3. The molecule has 0 amide bonds. The number of alkyl halides is 3. The van der Waals surface area contributed by atoms with E-state index in [4.69, 9.17) is 9.15 Å². The maximum absolute atomic E-state index is 12.8. The van der Waals surface area contributed by atoms with Gasteiger partial charge in [-0.2, -0.15) is 13.2 Å². The SMILES string of the molecule is COc1coc(CN2CCCC(Nc3nccc(C(F)(F)F)n3)C2)cc1=O. The van der Waals surface area contributed by atoms with Crippen molar-refractivity contribution in [2.24, 2.45) is 0 Å². The van der Waals surface area contributed by atoms with E-state index in [1.807, 2.05) is 0 Å². The molecule has 1 fully saturated rings. The highest BCUT2D eigenvalue weighted by Crippen LogP contribution is 2.27. The smallest absolute Gasteiger partial charge is 0.433 e. The molecule has 0 aromatic carbocycles. The summed E-state index contributed by atoms with van der Waals surface area (Å²) < 4.78 is 48.6. The van der Waals surface area contributed by atoms with Gasteiger partial charge < -0.3 is 14.5 Å². The Morgan fingerprint density at radius 2 is 2.26 bits per heavy atom. The molecule has 3 heterocycles. The van der Waals surface area contributed by atoms with Gasteiger partial charge in [0.1, 0.15) is 17.7 Å². The molecule has 27 heavy (non-hydrogen) atoms. The number of likely N-dealkylation sites (tertiary alicyclic amines) is 1. The Morgan fingerprint density at radius 1 is 1.44 bits per heavy atom. The molecular formula is C17H19F3N4O3. The predicted octanol–water partition coefficient (Wildman–Crippen LogP) is 2.53. The normalized spacial score (nSPS) is 18.3. The molecule has 1 saturated heterocycles. The third-order valence-corrected chi connectivity index (χ3v) is 4.24. The van der Waals surface area contributed by atoms with Crippen molar-refractivity contribution in [2.45, 2.75) is 31.6 Å². The molecule has 1 unspecified atom stereocenters. The van der Waals surface area contributed by atoms with Crippen LogP contribution in [0.5, 0.6) is 5.75 Å². The topological polar surface area (TPSA) is 80.5 Å². The van der Waals surface area contributed by atoms with Crippen LogP contribution in [0.2, 0.25) is 0 Å². The second-order valence-electron chi connectivity index (χ2n) is 6.26. The fourth-order valence-electron chi connectivity index (χ4n) is 2.98. The lowest BCUT2D eigenvalue weighted by molar-refractivity contribution is -0.141. The summed E-state index contributed by atoms with van der Waals surface area (Å²) in [5.74, 6) is 0.586. The standard InChI is InChI=1S/C17H19F3N4O3/c1-26-14-10-27-12(7-13(14)25)9-24-6-2-3-11(8-24)22-16-21-5-4-15(23-16)17(18,19)20/h4-5,7,10-11H,2-3,6,8-9H2,1H3,(H,21,22,23). The van der Waals surface area contributed by atoms with E-state index in [0.29, 0.717) is 18.8 Å². The highest BCUT2D eigenvalue weighted by molar-refractivity contribution is 5.28. The summed E-state index contributed by atoms with van der Waals surface area (Å²) in [6.07, 6.45) is -0.526. The van der Waals surface area contributed by atoms with Crippen molar-refractivity contribution in [3.8, 4) is 5.75 Å². The van der Waals surface area contributed by atoms with Crippen LogP contribution in [0.1, 0.15) is 24.3 Å². The Bertz CT molecular complexity index is 841. The van der Waals surface area contributed by atoms with Crippen LogP contribution >= 0.6 is 0 Å². The van der Waals surface area contributed by atoms with Crippen molar-refractivity contribution < 1.29 is 22.3 Å². The monoisotopic (exact) mass is 384 g/mol. The van der Waals surface area contributed by atoms with Crippen LogP contribution < -0.4 is 15.5 Å². The number of aromatic nitrogens is 2. The molecular weight excluding hydrogens is 365 g/mol. The van der Waals surface area contributed by atoms with Gasteiger partial charge in [0.2, 0.25) is 17.1 Å². The number of nitrogens with one attached hydrogen (secondary N) is 1. The molecule has 0 radical (unpaired) electrons. The highest BCUT2D eigenvalue weighted by atomic mass is 19.4. The number of methoxy groups -OCH3 is 1. The maximum Gasteiger partial charge on any atom is 0.433 e. The maximum atomic E-state index is 12.8. The quantitative estimate of drug-likeness (QED) is 0.848. The first kappa shape index (κ1) is 19.2. The van der Waals surface area contributed by atoms with Gasteiger partial charge in [-0.05, 0) is 25.5 Å². The number of hydrogen-bond acceptors (Lipinski definition) is 7. The van der Waals surface area contributed by atoms with Gasteiger partial charge in [0.15, 0.2) is 0 Å². The number of hydrogen-bond donors (Lipinski definition) is 1. The fraction of sp³-hybridized carbons (Fsp3) is 0.471.